The van der Waals surface area contributed by atoms with Crippen LogP contribution in [-0.4, -0.2) is 30.5 Å². The van der Waals surface area contributed by atoms with Gasteiger partial charge in [-0.15, -0.1) is 12.3 Å². The van der Waals surface area contributed by atoms with Crippen LogP contribution < -0.4 is 4.72 Å². The van der Waals surface area contributed by atoms with Gasteiger partial charge in [0.05, 0.1) is 9.82 Å². The first-order chi connectivity index (χ1) is 9.69. The van der Waals surface area contributed by atoms with Gasteiger partial charge in [0.1, 0.15) is 6.04 Å². The van der Waals surface area contributed by atoms with E-state index < -0.39 is 32.6 Å². The zero-order valence-corrected chi connectivity index (χ0v) is 11.8. The Morgan fingerprint density at radius 2 is 2.19 bits per heavy atom. The van der Waals surface area contributed by atoms with Crippen molar-refractivity contribution in [1.82, 2.24) is 4.72 Å². The molecule has 0 aliphatic carbocycles. The molecule has 1 atom stereocenters. The number of benzene rings is 1. The van der Waals surface area contributed by atoms with Crippen molar-refractivity contribution in [1.29, 1.82) is 0 Å². The minimum Gasteiger partial charge on any atom is -0.480 e. The number of terminal acetylenes is 1. The minimum absolute atomic E-state index is 0.248. The Kier molecular flexibility index (Phi) is 5.02. The van der Waals surface area contributed by atoms with Gasteiger partial charge in [0.25, 0.3) is 5.69 Å². The standard InChI is InChI=1S/C12H12N2O6S/c1-3-4-10(12(15)16)13-21(19,20)11-7-9(14(17)18)6-5-8(11)2/h1,5-7,10,13H,4H2,2H3,(H,15,16). The van der Waals surface area contributed by atoms with Gasteiger partial charge < -0.3 is 5.11 Å². The van der Waals surface area contributed by atoms with E-state index in [1.54, 1.807) is 0 Å². The second-order valence-electron chi connectivity index (χ2n) is 4.13. The summed E-state index contributed by atoms with van der Waals surface area (Å²) in [6.07, 6.45) is 4.64. The number of nitro groups is 1. The molecule has 9 heteroatoms. The van der Waals surface area contributed by atoms with Crippen molar-refractivity contribution in [2.24, 2.45) is 0 Å². The van der Waals surface area contributed by atoms with E-state index in [9.17, 15) is 23.3 Å². The number of nitrogens with zero attached hydrogens (tertiary/aromatic N) is 1. The summed E-state index contributed by atoms with van der Waals surface area (Å²) >= 11 is 0. The Hall–Kier alpha value is -2.44. The number of nitrogens with one attached hydrogen (secondary N) is 1. The van der Waals surface area contributed by atoms with Gasteiger partial charge in [-0.1, -0.05) is 6.07 Å². The fourth-order valence-corrected chi connectivity index (χ4v) is 2.99. The topological polar surface area (TPSA) is 127 Å². The molecule has 0 saturated heterocycles. The van der Waals surface area contributed by atoms with E-state index in [1.807, 2.05) is 4.72 Å². The number of carbonyl (C=O) groups is 1. The number of aliphatic carboxylic acids is 1. The zero-order valence-electron chi connectivity index (χ0n) is 10.9. The quantitative estimate of drug-likeness (QED) is 0.451. The van der Waals surface area contributed by atoms with Crippen LogP contribution in [0.4, 0.5) is 5.69 Å². The lowest BCUT2D eigenvalue weighted by atomic mass is 10.2. The van der Waals surface area contributed by atoms with Crippen molar-refractivity contribution in [3.05, 3.63) is 33.9 Å². The van der Waals surface area contributed by atoms with E-state index in [0.717, 1.165) is 12.1 Å². The molecule has 21 heavy (non-hydrogen) atoms. The molecule has 1 aromatic rings. The Morgan fingerprint density at radius 3 is 2.67 bits per heavy atom. The number of carboxylic acids is 1. The maximum atomic E-state index is 12.2. The third-order valence-corrected chi connectivity index (χ3v) is 4.20. The number of sulfonamides is 1. The number of aryl methyl sites for hydroxylation is 1. The molecule has 2 N–H and O–H groups in total. The number of rotatable bonds is 6. The monoisotopic (exact) mass is 312 g/mol. The van der Waals surface area contributed by atoms with E-state index in [1.165, 1.54) is 13.0 Å². The van der Waals surface area contributed by atoms with Gasteiger partial charge in [0, 0.05) is 18.6 Å². The van der Waals surface area contributed by atoms with Gasteiger partial charge in [-0.25, -0.2) is 8.42 Å². The van der Waals surface area contributed by atoms with Gasteiger partial charge in [0.2, 0.25) is 10.0 Å². The normalized spacial score (nSPS) is 12.4. The summed E-state index contributed by atoms with van der Waals surface area (Å²) in [6, 6.07) is 1.79. The second kappa shape index (κ2) is 6.34. The van der Waals surface area contributed by atoms with Crippen LogP contribution in [0.3, 0.4) is 0 Å². The lowest BCUT2D eigenvalue weighted by Gasteiger charge is -2.13. The van der Waals surface area contributed by atoms with Crippen molar-refractivity contribution in [2.45, 2.75) is 24.3 Å². The van der Waals surface area contributed by atoms with Gasteiger partial charge in [-0.05, 0) is 12.5 Å². The summed E-state index contributed by atoms with van der Waals surface area (Å²) in [7, 11) is -4.24. The summed E-state index contributed by atoms with van der Waals surface area (Å²) in [5, 5.41) is 19.6. The molecule has 0 spiro atoms. The summed E-state index contributed by atoms with van der Waals surface area (Å²) in [5.74, 6) is 0.620. The van der Waals surface area contributed by atoms with Gasteiger partial charge in [0.15, 0.2) is 0 Å². The summed E-state index contributed by atoms with van der Waals surface area (Å²) in [6.45, 7) is 1.44. The first-order valence-corrected chi connectivity index (χ1v) is 7.11. The SMILES string of the molecule is C#CCC(NS(=O)(=O)c1cc([N+](=O)[O-])ccc1C)C(=O)O. The predicted molar refractivity (Wildman–Crippen MR) is 73.0 cm³/mol. The molecule has 0 amide bonds. The van der Waals surface area contributed by atoms with E-state index in [2.05, 4.69) is 5.92 Å². The molecule has 0 aromatic heterocycles. The number of carboxylic acid groups (broad SMARTS) is 1. The number of hydrogen-bond donors (Lipinski definition) is 2. The fraction of sp³-hybridized carbons (Fsp3) is 0.250. The van der Waals surface area contributed by atoms with Crippen LogP contribution in [0.5, 0.6) is 0 Å². The van der Waals surface area contributed by atoms with Crippen LogP contribution in [0.2, 0.25) is 0 Å². The van der Waals surface area contributed by atoms with E-state index in [0.29, 0.717) is 0 Å². The fourth-order valence-electron chi connectivity index (χ4n) is 1.54. The van der Waals surface area contributed by atoms with Crippen LogP contribution in [-0.2, 0) is 14.8 Å². The number of hydrogen-bond acceptors (Lipinski definition) is 5. The molecule has 0 fully saturated rings. The van der Waals surface area contributed by atoms with Crippen molar-refractivity contribution < 1.29 is 23.2 Å². The van der Waals surface area contributed by atoms with Crippen LogP contribution in [0, 0.1) is 29.4 Å². The largest absolute Gasteiger partial charge is 0.480 e. The molecule has 1 aromatic carbocycles. The van der Waals surface area contributed by atoms with Gasteiger partial charge >= 0.3 is 5.97 Å². The third-order valence-electron chi connectivity index (χ3n) is 2.59. The van der Waals surface area contributed by atoms with Crippen LogP contribution in [0.1, 0.15) is 12.0 Å². The molecule has 0 heterocycles. The van der Waals surface area contributed by atoms with Crippen LogP contribution >= 0.6 is 0 Å². The van der Waals surface area contributed by atoms with Crippen LogP contribution in [0.25, 0.3) is 0 Å². The second-order valence-corrected chi connectivity index (χ2v) is 5.81. The highest BCUT2D eigenvalue weighted by Crippen LogP contribution is 2.22. The van der Waals surface area contributed by atoms with E-state index in [-0.39, 0.29) is 16.9 Å². The Morgan fingerprint density at radius 1 is 1.57 bits per heavy atom. The molecule has 0 aliphatic rings. The Bertz CT molecular complexity index is 720. The summed E-state index contributed by atoms with van der Waals surface area (Å²) in [4.78, 5) is 20.5. The van der Waals surface area contributed by atoms with Crippen molar-refractivity contribution in [2.75, 3.05) is 0 Å². The smallest absolute Gasteiger partial charge is 0.322 e. The molecule has 1 rings (SSSR count). The maximum absolute atomic E-state index is 12.2. The van der Waals surface area contributed by atoms with E-state index in [4.69, 9.17) is 11.5 Å². The van der Waals surface area contributed by atoms with Gasteiger partial charge in [-0.3, -0.25) is 14.9 Å². The predicted octanol–water partition coefficient (Wildman–Crippen LogP) is 0.658. The molecule has 0 radical (unpaired) electrons. The zero-order chi connectivity index (χ0) is 16.2. The Balaban J connectivity index is 3.25. The maximum Gasteiger partial charge on any atom is 0.322 e. The highest BCUT2D eigenvalue weighted by Gasteiger charge is 2.27. The van der Waals surface area contributed by atoms with E-state index >= 15 is 0 Å². The minimum atomic E-state index is -4.24. The average Bonchev–Trinajstić information content (AvgIpc) is 2.37. The van der Waals surface area contributed by atoms with Crippen LogP contribution in [0.15, 0.2) is 23.1 Å². The lowest BCUT2D eigenvalue weighted by Crippen LogP contribution is -2.40. The molecule has 1 unspecified atom stereocenters. The van der Waals surface area contributed by atoms with Crippen molar-refractivity contribution in [3.63, 3.8) is 0 Å². The lowest BCUT2D eigenvalue weighted by molar-refractivity contribution is -0.385. The summed E-state index contributed by atoms with van der Waals surface area (Å²) < 4.78 is 26.2. The first kappa shape index (κ1) is 16.6. The number of non-ortho nitro benzene ring substituents is 1. The van der Waals surface area contributed by atoms with Crippen molar-refractivity contribution >= 4 is 21.7 Å². The third kappa shape index (κ3) is 4.01. The Labute approximate surface area is 121 Å². The highest BCUT2D eigenvalue weighted by atomic mass is 32.2. The van der Waals surface area contributed by atoms with Crippen molar-refractivity contribution in [3.8, 4) is 12.3 Å². The molecule has 112 valence electrons. The van der Waals surface area contributed by atoms with Gasteiger partial charge in [-0.2, -0.15) is 4.72 Å². The molecule has 0 aliphatic heterocycles. The molecular formula is C12H12N2O6S. The number of nitro benzene ring substituents is 1. The molecule has 0 bridgehead atoms. The average molecular weight is 312 g/mol. The highest BCUT2D eigenvalue weighted by molar-refractivity contribution is 7.89. The summed E-state index contributed by atoms with van der Waals surface area (Å²) in [5.41, 5.74) is -0.164. The molecule has 0 saturated carbocycles. The molecular weight excluding hydrogens is 300 g/mol. The first-order valence-electron chi connectivity index (χ1n) is 5.62. The molecule has 8 nitrogen and oxygen atoms in total.